The zero-order valence-electron chi connectivity index (χ0n) is 24.9. The van der Waals surface area contributed by atoms with Crippen molar-refractivity contribution in [3.63, 3.8) is 0 Å². The molecule has 1 saturated heterocycles. The van der Waals surface area contributed by atoms with E-state index in [-0.39, 0.29) is 12.3 Å². The molecule has 5 aromatic rings. The highest BCUT2D eigenvalue weighted by Crippen LogP contribution is 2.36. The summed E-state index contributed by atoms with van der Waals surface area (Å²) in [6.45, 7) is 4.17. The number of piperidine rings is 1. The second-order valence-corrected chi connectivity index (χ2v) is 10.8. The van der Waals surface area contributed by atoms with E-state index in [0.29, 0.717) is 40.3 Å². The molecule has 6 rings (SSSR count). The highest BCUT2D eigenvalue weighted by molar-refractivity contribution is 5.90. The van der Waals surface area contributed by atoms with Crippen LogP contribution in [-0.4, -0.2) is 52.2 Å². The van der Waals surface area contributed by atoms with Crippen LogP contribution < -0.4 is 15.5 Å². The molecule has 0 bridgehead atoms. The van der Waals surface area contributed by atoms with Crippen LogP contribution in [0.4, 0.5) is 27.8 Å². The minimum absolute atomic E-state index is 0.175. The van der Waals surface area contributed by atoms with E-state index in [1.54, 1.807) is 30.6 Å². The number of carbonyl (C=O) groups is 2. The summed E-state index contributed by atoms with van der Waals surface area (Å²) in [6, 6.07) is 18.5. The first-order valence-electron chi connectivity index (χ1n) is 14.6. The van der Waals surface area contributed by atoms with Crippen LogP contribution in [0.3, 0.4) is 0 Å². The number of carbonyl (C=O) groups excluding carboxylic acids is 2. The molecule has 0 spiro atoms. The molecule has 12 nitrogen and oxygen atoms in total. The predicted molar refractivity (Wildman–Crippen MR) is 169 cm³/mol. The summed E-state index contributed by atoms with van der Waals surface area (Å²) < 4.78 is 15.8. The molecule has 0 radical (unpaired) electrons. The number of ether oxygens (including phenoxy) is 2. The maximum Gasteiger partial charge on any atom is 0.411 e. The fourth-order valence-corrected chi connectivity index (χ4v) is 5.16. The van der Waals surface area contributed by atoms with Gasteiger partial charge in [-0.2, -0.15) is 0 Å². The van der Waals surface area contributed by atoms with E-state index in [1.165, 1.54) is 13.5 Å². The Hall–Kier alpha value is -5.65. The number of hydrogen-bond acceptors (Lipinski definition) is 10. The monoisotopic (exact) mass is 607 g/mol. The van der Waals surface area contributed by atoms with Gasteiger partial charge in [-0.1, -0.05) is 37.3 Å². The van der Waals surface area contributed by atoms with E-state index in [1.807, 2.05) is 42.5 Å². The molecule has 1 aliphatic rings. The lowest BCUT2D eigenvalue weighted by molar-refractivity contribution is 0.0595. The van der Waals surface area contributed by atoms with Gasteiger partial charge in [0.2, 0.25) is 5.95 Å². The van der Waals surface area contributed by atoms with Gasteiger partial charge in [0.25, 0.3) is 0 Å². The summed E-state index contributed by atoms with van der Waals surface area (Å²) in [7, 11) is 1.32. The fraction of sp³-hybridized carbons (Fsp3) is 0.242. The van der Waals surface area contributed by atoms with Crippen molar-refractivity contribution in [2.24, 2.45) is 5.92 Å². The van der Waals surface area contributed by atoms with E-state index in [2.05, 4.69) is 37.4 Å². The van der Waals surface area contributed by atoms with Gasteiger partial charge in [0.1, 0.15) is 18.0 Å². The number of anilines is 4. The molecule has 1 fully saturated rings. The summed E-state index contributed by atoms with van der Waals surface area (Å²) in [5.74, 6) is 0.950. The lowest BCUT2D eigenvalue weighted by Crippen LogP contribution is -2.33. The Morgan fingerprint density at radius 3 is 2.64 bits per heavy atom. The topological polar surface area (TPSA) is 147 Å². The molecule has 1 aliphatic heterocycles. The van der Waals surface area contributed by atoms with Gasteiger partial charge in [-0.25, -0.2) is 24.5 Å². The first kappa shape index (κ1) is 29.4. The molecule has 1 amide bonds. The number of rotatable bonds is 9. The Balaban J connectivity index is 1.29. The number of oxazole rings is 1. The van der Waals surface area contributed by atoms with Crippen LogP contribution in [0.5, 0.6) is 0 Å². The van der Waals surface area contributed by atoms with Gasteiger partial charge in [-0.3, -0.25) is 5.32 Å². The minimum atomic E-state index is -0.536. The van der Waals surface area contributed by atoms with E-state index in [0.717, 1.165) is 42.9 Å². The summed E-state index contributed by atoms with van der Waals surface area (Å²) in [5.41, 5.74) is 5.15. The van der Waals surface area contributed by atoms with Gasteiger partial charge in [0, 0.05) is 25.0 Å². The molecular weight excluding hydrogens is 574 g/mol. The van der Waals surface area contributed by atoms with Gasteiger partial charge >= 0.3 is 12.1 Å². The highest BCUT2D eigenvalue weighted by Gasteiger charge is 2.22. The molecule has 0 atom stereocenters. The van der Waals surface area contributed by atoms with Crippen LogP contribution in [0.15, 0.2) is 83.9 Å². The summed E-state index contributed by atoms with van der Waals surface area (Å²) in [5, 5.41) is 6.23. The highest BCUT2D eigenvalue weighted by atomic mass is 16.5. The van der Waals surface area contributed by atoms with Crippen LogP contribution in [0, 0.1) is 5.92 Å². The number of aromatic amines is 1. The number of nitrogens with one attached hydrogen (secondary N) is 3. The number of amides is 1. The number of hydrogen-bond donors (Lipinski definition) is 3. The molecule has 0 unspecified atom stereocenters. The molecule has 45 heavy (non-hydrogen) atoms. The van der Waals surface area contributed by atoms with Crippen molar-refractivity contribution in [2.45, 2.75) is 26.4 Å². The molecule has 12 heteroatoms. The van der Waals surface area contributed by atoms with Crippen LogP contribution in [0.1, 0.15) is 35.8 Å². The van der Waals surface area contributed by atoms with E-state index in [4.69, 9.17) is 18.9 Å². The van der Waals surface area contributed by atoms with Crippen molar-refractivity contribution in [3.8, 4) is 22.7 Å². The van der Waals surface area contributed by atoms with Crippen LogP contribution >= 0.6 is 0 Å². The Morgan fingerprint density at radius 2 is 1.89 bits per heavy atom. The van der Waals surface area contributed by atoms with Crippen molar-refractivity contribution in [1.82, 2.24) is 19.9 Å². The number of nitrogens with zero attached hydrogens (tertiary/aromatic N) is 4. The Labute approximate surface area is 259 Å². The third-order valence-corrected chi connectivity index (χ3v) is 7.66. The van der Waals surface area contributed by atoms with Gasteiger partial charge in [0.15, 0.2) is 12.2 Å². The first-order chi connectivity index (χ1) is 22.0. The second kappa shape index (κ2) is 13.3. The lowest BCUT2D eigenvalue weighted by Gasteiger charge is -2.33. The molecule has 0 aliphatic carbocycles. The zero-order valence-corrected chi connectivity index (χ0v) is 24.9. The van der Waals surface area contributed by atoms with Gasteiger partial charge in [-0.15, -0.1) is 0 Å². The van der Waals surface area contributed by atoms with Crippen LogP contribution in [-0.2, 0) is 16.1 Å². The van der Waals surface area contributed by atoms with Crippen LogP contribution in [0.2, 0.25) is 0 Å². The third kappa shape index (κ3) is 6.96. The molecule has 3 N–H and O–H groups in total. The maximum absolute atomic E-state index is 12.6. The smallest absolute Gasteiger partial charge is 0.411 e. The Kier molecular flexibility index (Phi) is 8.72. The zero-order chi connectivity index (χ0) is 31.2. The molecule has 230 valence electrons. The van der Waals surface area contributed by atoms with E-state index < -0.39 is 12.1 Å². The molecule has 2 aromatic carbocycles. The van der Waals surface area contributed by atoms with Crippen molar-refractivity contribution >= 4 is 35.1 Å². The van der Waals surface area contributed by atoms with Crippen molar-refractivity contribution in [3.05, 3.63) is 90.7 Å². The van der Waals surface area contributed by atoms with Crippen LogP contribution in [0.25, 0.3) is 22.7 Å². The number of H-pyrrole nitrogens is 1. The average molecular weight is 608 g/mol. The number of esters is 1. The summed E-state index contributed by atoms with van der Waals surface area (Å²) in [4.78, 5) is 43.5. The summed E-state index contributed by atoms with van der Waals surface area (Å²) in [6.07, 6.45) is 6.12. The Bertz CT molecular complexity index is 1760. The second-order valence-electron chi connectivity index (χ2n) is 10.8. The fourth-order valence-electron chi connectivity index (χ4n) is 5.16. The van der Waals surface area contributed by atoms with E-state index in [9.17, 15) is 9.59 Å². The normalized spacial score (nSPS) is 13.3. The maximum atomic E-state index is 12.6. The quantitative estimate of drug-likeness (QED) is 0.156. The number of methoxy groups -OCH3 is 1. The van der Waals surface area contributed by atoms with Gasteiger partial charge < -0.3 is 29.1 Å². The number of benzene rings is 2. The van der Waals surface area contributed by atoms with Crippen molar-refractivity contribution in [1.29, 1.82) is 0 Å². The lowest BCUT2D eigenvalue weighted by atomic mass is 9.98. The van der Waals surface area contributed by atoms with Gasteiger partial charge in [0.05, 0.1) is 35.9 Å². The minimum Gasteiger partial charge on any atom is -0.464 e. The largest absolute Gasteiger partial charge is 0.464 e. The average Bonchev–Trinajstić information content (AvgIpc) is 3.79. The van der Waals surface area contributed by atoms with E-state index >= 15 is 0 Å². The summed E-state index contributed by atoms with van der Waals surface area (Å²) >= 11 is 0. The standard InChI is InChI=1S/C33H33N7O5/c1-21-12-14-40(15-13-21)28-16-23(36-33(42)44-19-22-6-4-3-5-7-22)8-9-25(28)38-32-35-17-24(29-18-34-20-45-29)30(39-32)26-10-11-27(37-26)31(41)43-2/h3-11,16-18,20-21,37H,12-15,19H2,1-2H3,(H,36,42)(H,35,38,39). The number of aromatic nitrogens is 4. The SMILES string of the molecule is COC(=O)c1ccc(-c2nc(Nc3ccc(NC(=O)OCc4ccccc4)cc3N3CCC(C)CC3)ncc2-c2cnco2)[nH]1. The molecule has 3 aromatic heterocycles. The molecule has 0 saturated carbocycles. The first-order valence-corrected chi connectivity index (χ1v) is 14.6. The van der Waals surface area contributed by atoms with Crippen molar-refractivity contribution in [2.75, 3.05) is 35.7 Å². The predicted octanol–water partition coefficient (Wildman–Crippen LogP) is 6.64. The van der Waals surface area contributed by atoms with Gasteiger partial charge in [-0.05, 0) is 54.7 Å². The van der Waals surface area contributed by atoms with Crippen molar-refractivity contribution < 1.29 is 23.5 Å². The third-order valence-electron chi connectivity index (χ3n) is 7.66. The Morgan fingerprint density at radius 1 is 1.07 bits per heavy atom. The molecule has 4 heterocycles. The molecular formula is C33H33N7O5.